The van der Waals surface area contributed by atoms with Crippen molar-refractivity contribution in [2.24, 2.45) is 5.41 Å². The second kappa shape index (κ2) is 9.04. The summed E-state index contributed by atoms with van der Waals surface area (Å²) < 4.78 is 13.2. The highest BCUT2D eigenvalue weighted by Gasteiger charge is 2.35. The summed E-state index contributed by atoms with van der Waals surface area (Å²) in [5.74, 6) is -0.200. The molecule has 0 aliphatic carbocycles. The number of rotatable bonds is 7. The Kier molecular flexibility index (Phi) is 6.46. The molecule has 2 aromatic rings. The lowest BCUT2D eigenvalue weighted by atomic mass is 9.75. The van der Waals surface area contributed by atoms with Gasteiger partial charge in [0, 0.05) is 34.8 Å². The van der Waals surface area contributed by atoms with E-state index in [1.54, 1.807) is 0 Å². The second-order valence-electron chi connectivity index (χ2n) is 8.63. The first-order chi connectivity index (χ1) is 13.6. The van der Waals surface area contributed by atoms with Gasteiger partial charge in [-0.15, -0.1) is 11.3 Å². The Hall–Kier alpha value is -1.27. The molecular formula is C23H31FN2OS. The molecule has 0 amide bonds. The summed E-state index contributed by atoms with van der Waals surface area (Å²) in [7, 11) is 0. The SMILES string of the molecule is OCC1(Cc2ccc(F)cc2)CCCN(Cc2ccc(CN3CCCC3)s2)C1. The number of aliphatic hydroxyl groups excluding tert-OH is 1. The lowest BCUT2D eigenvalue weighted by Gasteiger charge is -2.42. The minimum absolute atomic E-state index is 0.119. The molecule has 1 atom stereocenters. The number of aliphatic hydroxyl groups is 1. The molecule has 0 spiro atoms. The largest absolute Gasteiger partial charge is 0.396 e. The molecule has 1 N–H and O–H groups in total. The maximum absolute atomic E-state index is 13.2. The summed E-state index contributed by atoms with van der Waals surface area (Å²) in [6.45, 7) is 6.71. The number of halogens is 1. The predicted molar refractivity (Wildman–Crippen MR) is 113 cm³/mol. The van der Waals surface area contributed by atoms with Crippen LogP contribution in [0.15, 0.2) is 36.4 Å². The molecule has 4 rings (SSSR count). The molecule has 28 heavy (non-hydrogen) atoms. The van der Waals surface area contributed by atoms with E-state index in [0.29, 0.717) is 0 Å². The standard InChI is InChI=1S/C23H31FN2OS/c24-20-6-4-19(5-7-20)14-23(18-27)10-3-13-26(17-23)16-22-9-8-21(28-22)15-25-11-1-2-12-25/h4-9,27H,1-3,10-18H2. The van der Waals surface area contributed by atoms with Crippen molar-refractivity contribution in [3.05, 3.63) is 57.5 Å². The van der Waals surface area contributed by atoms with Gasteiger partial charge in [-0.25, -0.2) is 4.39 Å². The van der Waals surface area contributed by atoms with Crippen LogP contribution >= 0.6 is 11.3 Å². The second-order valence-corrected chi connectivity index (χ2v) is 9.88. The summed E-state index contributed by atoms with van der Waals surface area (Å²) in [6, 6.07) is 11.3. The van der Waals surface area contributed by atoms with Crippen molar-refractivity contribution in [2.45, 2.75) is 45.2 Å². The Morgan fingerprint density at radius 1 is 0.893 bits per heavy atom. The fourth-order valence-electron chi connectivity index (χ4n) is 4.78. The van der Waals surface area contributed by atoms with Crippen molar-refractivity contribution in [3.8, 4) is 0 Å². The third-order valence-corrected chi connectivity index (χ3v) is 7.30. The summed E-state index contributed by atoms with van der Waals surface area (Å²) in [4.78, 5) is 7.93. The molecule has 1 unspecified atom stereocenters. The highest BCUT2D eigenvalue weighted by Crippen LogP contribution is 2.34. The van der Waals surface area contributed by atoms with Gasteiger partial charge >= 0.3 is 0 Å². The maximum Gasteiger partial charge on any atom is 0.123 e. The minimum Gasteiger partial charge on any atom is -0.396 e. The summed E-state index contributed by atoms with van der Waals surface area (Å²) in [5, 5.41) is 10.2. The van der Waals surface area contributed by atoms with E-state index in [1.807, 2.05) is 23.5 Å². The van der Waals surface area contributed by atoms with Crippen molar-refractivity contribution in [2.75, 3.05) is 32.8 Å². The molecule has 3 nitrogen and oxygen atoms in total. The van der Waals surface area contributed by atoms with Crippen LogP contribution in [0.4, 0.5) is 4.39 Å². The van der Waals surface area contributed by atoms with Crippen LogP contribution in [0.25, 0.3) is 0 Å². The predicted octanol–water partition coefficient (Wildman–Crippen LogP) is 4.30. The zero-order valence-corrected chi connectivity index (χ0v) is 17.4. The summed E-state index contributed by atoms with van der Waals surface area (Å²) in [5.41, 5.74) is 0.993. The van der Waals surface area contributed by atoms with Crippen LogP contribution in [0.5, 0.6) is 0 Å². The number of nitrogens with zero attached hydrogens (tertiary/aromatic N) is 2. The van der Waals surface area contributed by atoms with E-state index >= 15 is 0 Å². The molecule has 2 aliphatic heterocycles. The molecule has 2 fully saturated rings. The van der Waals surface area contributed by atoms with Gasteiger partial charge in [0.15, 0.2) is 0 Å². The normalized spacial score (nSPS) is 24.1. The molecular weight excluding hydrogens is 371 g/mol. The van der Waals surface area contributed by atoms with Crippen LogP contribution in [0.3, 0.4) is 0 Å². The number of hydrogen-bond acceptors (Lipinski definition) is 4. The van der Waals surface area contributed by atoms with E-state index in [-0.39, 0.29) is 17.8 Å². The Morgan fingerprint density at radius 2 is 1.54 bits per heavy atom. The van der Waals surface area contributed by atoms with E-state index in [2.05, 4.69) is 21.9 Å². The lowest BCUT2D eigenvalue weighted by Crippen LogP contribution is -2.46. The lowest BCUT2D eigenvalue weighted by molar-refractivity contribution is 0.0293. The third kappa shape index (κ3) is 5.01. The Balaban J connectivity index is 1.37. The van der Waals surface area contributed by atoms with Crippen LogP contribution in [-0.2, 0) is 19.5 Å². The molecule has 0 saturated carbocycles. The Morgan fingerprint density at radius 3 is 2.21 bits per heavy atom. The molecule has 1 aromatic carbocycles. The van der Waals surface area contributed by atoms with Crippen LogP contribution in [0, 0.1) is 11.2 Å². The zero-order chi connectivity index (χ0) is 19.4. The number of piperidine rings is 1. The highest BCUT2D eigenvalue weighted by atomic mass is 32.1. The van der Waals surface area contributed by atoms with Crippen LogP contribution < -0.4 is 0 Å². The fraction of sp³-hybridized carbons (Fsp3) is 0.565. The van der Waals surface area contributed by atoms with Crippen molar-refractivity contribution >= 4 is 11.3 Å². The zero-order valence-electron chi connectivity index (χ0n) is 16.6. The molecule has 3 heterocycles. The summed E-state index contributed by atoms with van der Waals surface area (Å²) in [6.07, 6.45) is 5.62. The van der Waals surface area contributed by atoms with Crippen LogP contribution in [0.1, 0.15) is 41.0 Å². The van der Waals surface area contributed by atoms with E-state index < -0.39 is 0 Å². The highest BCUT2D eigenvalue weighted by molar-refractivity contribution is 7.11. The number of benzene rings is 1. The first-order valence-electron chi connectivity index (χ1n) is 10.5. The quantitative estimate of drug-likeness (QED) is 0.748. The molecule has 152 valence electrons. The maximum atomic E-state index is 13.2. The average molecular weight is 403 g/mol. The van der Waals surface area contributed by atoms with Gasteiger partial charge in [0.05, 0.1) is 6.61 Å². The molecule has 2 aliphatic rings. The van der Waals surface area contributed by atoms with Crippen molar-refractivity contribution in [3.63, 3.8) is 0 Å². The van der Waals surface area contributed by atoms with Gasteiger partial charge < -0.3 is 5.11 Å². The van der Waals surface area contributed by atoms with Gasteiger partial charge in [-0.05, 0) is 81.6 Å². The van der Waals surface area contributed by atoms with Crippen LogP contribution in [-0.4, -0.2) is 47.7 Å². The first kappa shape index (κ1) is 20.0. The van der Waals surface area contributed by atoms with Gasteiger partial charge in [-0.3, -0.25) is 9.80 Å². The smallest absolute Gasteiger partial charge is 0.123 e. The average Bonchev–Trinajstić information content (AvgIpc) is 3.37. The van der Waals surface area contributed by atoms with Crippen molar-refractivity contribution in [1.29, 1.82) is 0 Å². The minimum atomic E-state index is -0.200. The molecule has 1 aromatic heterocycles. The van der Waals surface area contributed by atoms with E-state index in [0.717, 1.165) is 51.0 Å². The summed E-state index contributed by atoms with van der Waals surface area (Å²) >= 11 is 1.94. The van der Waals surface area contributed by atoms with Crippen molar-refractivity contribution in [1.82, 2.24) is 9.80 Å². The fourth-order valence-corrected chi connectivity index (χ4v) is 5.89. The van der Waals surface area contributed by atoms with Gasteiger partial charge in [-0.1, -0.05) is 12.1 Å². The Labute approximate surface area is 171 Å². The molecule has 0 radical (unpaired) electrons. The van der Waals surface area contributed by atoms with Gasteiger partial charge in [0.1, 0.15) is 5.82 Å². The van der Waals surface area contributed by atoms with E-state index in [9.17, 15) is 9.50 Å². The molecule has 2 saturated heterocycles. The van der Waals surface area contributed by atoms with Gasteiger partial charge in [0.2, 0.25) is 0 Å². The number of hydrogen-bond donors (Lipinski definition) is 1. The van der Waals surface area contributed by atoms with Crippen LogP contribution in [0.2, 0.25) is 0 Å². The van der Waals surface area contributed by atoms with Gasteiger partial charge in [0.25, 0.3) is 0 Å². The topological polar surface area (TPSA) is 26.7 Å². The van der Waals surface area contributed by atoms with Crippen molar-refractivity contribution < 1.29 is 9.50 Å². The number of thiophene rings is 1. The molecule has 0 bridgehead atoms. The number of likely N-dealkylation sites (tertiary alicyclic amines) is 2. The van der Waals surface area contributed by atoms with E-state index in [4.69, 9.17) is 0 Å². The Bertz CT molecular complexity index is 756. The van der Waals surface area contributed by atoms with E-state index in [1.165, 1.54) is 47.8 Å². The van der Waals surface area contributed by atoms with Gasteiger partial charge in [-0.2, -0.15) is 0 Å². The molecule has 5 heteroatoms. The first-order valence-corrected chi connectivity index (χ1v) is 11.3. The monoisotopic (exact) mass is 402 g/mol. The third-order valence-electron chi connectivity index (χ3n) is 6.24.